The Labute approximate surface area is 150 Å². The zero-order valence-corrected chi connectivity index (χ0v) is 14.4. The number of unbranched alkanes of at least 4 members (excludes halogenated alkanes) is 1. The summed E-state index contributed by atoms with van der Waals surface area (Å²) in [5.74, 6) is -0.0117. The van der Waals surface area contributed by atoms with Gasteiger partial charge in [0.25, 0.3) is 5.56 Å². The Balaban J connectivity index is 1.64. The average Bonchev–Trinajstić information content (AvgIpc) is 3.15. The van der Waals surface area contributed by atoms with E-state index in [0.29, 0.717) is 18.0 Å². The van der Waals surface area contributed by atoms with Gasteiger partial charge >= 0.3 is 5.97 Å². The van der Waals surface area contributed by atoms with E-state index in [1.165, 1.54) is 16.8 Å². The van der Waals surface area contributed by atoms with Crippen LogP contribution in [0.15, 0.2) is 57.8 Å². The molecule has 7 nitrogen and oxygen atoms in total. The Kier molecular flexibility index (Phi) is 5.58. The minimum Gasteiger partial charge on any atom is -0.454 e. The number of rotatable bonds is 7. The molecule has 2 heterocycles. The number of hydrogen-bond donors (Lipinski definition) is 0. The van der Waals surface area contributed by atoms with E-state index in [0.717, 1.165) is 18.4 Å². The molecule has 0 atom stereocenters. The van der Waals surface area contributed by atoms with Gasteiger partial charge in [-0.3, -0.25) is 4.79 Å². The van der Waals surface area contributed by atoms with Crippen LogP contribution in [0.2, 0.25) is 0 Å². The number of hydrogen-bond acceptors (Lipinski definition) is 6. The van der Waals surface area contributed by atoms with Gasteiger partial charge in [0, 0.05) is 24.2 Å². The molecule has 1 aromatic carbocycles. The van der Waals surface area contributed by atoms with Crippen LogP contribution in [0.4, 0.5) is 0 Å². The van der Waals surface area contributed by atoms with Crippen molar-refractivity contribution < 1.29 is 14.1 Å². The van der Waals surface area contributed by atoms with E-state index in [4.69, 9.17) is 9.26 Å². The smallest absolute Gasteiger partial charge is 0.359 e. The van der Waals surface area contributed by atoms with Crippen LogP contribution in [-0.2, 0) is 17.9 Å². The summed E-state index contributed by atoms with van der Waals surface area (Å²) in [5.41, 5.74) is 1.24. The SMILES string of the molecule is CCCCn1nc(C(=O)OCc2cc(-c3ccccc3)on2)ccc1=O. The first kappa shape index (κ1) is 17.6. The Hall–Kier alpha value is -3.22. The summed E-state index contributed by atoms with van der Waals surface area (Å²) in [4.78, 5) is 23.9. The fourth-order valence-electron chi connectivity index (χ4n) is 2.36. The van der Waals surface area contributed by atoms with Gasteiger partial charge in [-0.05, 0) is 12.5 Å². The first-order valence-corrected chi connectivity index (χ1v) is 8.43. The van der Waals surface area contributed by atoms with E-state index in [2.05, 4.69) is 10.3 Å². The van der Waals surface area contributed by atoms with E-state index >= 15 is 0 Å². The van der Waals surface area contributed by atoms with Gasteiger partial charge < -0.3 is 9.26 Å². The summed E-state index contributed by atoms with van der Waals surface area (Å²) in [6, 6.07) is 13.9. The average molecular weight is 353 g/mol. The standard InChI is InChI=1S/C19H19N3O4/c1-2-3-11-22-18(23)10-9-16(20-22)19(24)25-13-15-12-17(26-21-15)14-7-5-4-6-8-14/h4-10,12H,2-3,11,13H2,1H3. The van der Waals surface area contributed by atoms with Crippen LogP contribution < -0.4 is 5.56 Å². The lowest BCUT2D eigenvalue weighted by molar-refractivity contribution is 0.0454. The number of carbonyl (C=O) groups excluding carboxylic acids is 1. The molecule has 0 N–H and O–H groups in total. The molecule has 0 aliphatic heterocycles. The third kappa shape index (κ3) is 4.24. The van der Waals surface area contributed by atoms with Crippen molar-refractivity contribution in [1.29, 1.82) is 0 Å². The van der Waals surface area contributed by atoms with Crippen molar-refractivity contribution in [3.8, 4) is 11.3 Å². The van der Waals surface area contributed by atoms with Crippen LogP contribution in [0, 0.1) is 0 Å². The molecule has 0 saturated heterocycles. The number of aromatic nitrogens is 3. The number of esters is 1. The van der Waals surface area contributed by atoms with E-state index in [-0.39, 0.29) is 17.9 Å². The molecule has 0 spiro atoms. The zero-order chi connectivity index (χ0) is 18.4. The number of aryl methyl sites for hydroxylation is 1. The maximum absolute atomic E-state index is 12.2. The van der Waals surface area contributed by atoms with E-state index in [1.807, 2.05) is 37.3 Å². The fourth-order valence-corrected chi connectivity index (χ4v) is 2.36. The third-order valence-electron chi connectivity index (χ3n) is 3.77. The number of ether oxygens (including phenoxy) is 1. The van der Waals surface area contributed by atoms with Crippen LogP contribution in [0.3, 0.4) is 0 Å². The lowest BCUT2D eigenvalue weighted by Crippen LogP contribution is -2.25. The van der Waals surface area contributed by atoms with E-state index < -0.39 is 5.97 Å². The predicted octanol–water partition coefficient (Wildman–Crippen LogP) is 3.06. The highest BCUT2D eigenvalue weighted by Crippen LogP contribution is 2.20. The Morgan fingerprint density at radius 2 is 2.00 bits per heavy atom. The Bertz CT molecular complexity index is 931. The molecule has 0 amide bonds. The van der Waals surface area contributed by atoms with Crippen molar-refractivity contribution in [1.82, 2.24) is 14.9 Å². The van der Waals surface area contributed by atoms with Crippen LogP contribution in [-0.4, -0.2) is 20.9 Å². The first-order chi connectivity index (χ1) is 12.7. The molecule has 0 aliphatic rings. The van der Waals surface area contributed by atoms with Crippen molar-refractivity contribution in [2.75, 3.05) is 0 Å². The quantitative estimate of drug-likeness (QED) is 0.607. The molecule has 0 bridgehead atoms. The Morgan fingerprint density at radius 3 is 2.77 bits per heavy atom. The summed E-state index contributed by atoms with van der Waals surface area (Å²) in [7, 11) is 0. The maximum Gasteiger partial charge on any atom is 0.359 e. The topological polar surface area (TPSA) is 87.2 Å². The van der Waals surface area contributed by atoms with Gasteiger partial charge in [-0.25, -0.2) is 9.48 Å². The molecule has 0 aliphatic carbocycles. The van der Waals surface area contributed by atoms with E-state index in [1.54, 1.807) is 6.07 Å². The second-order valence-corrected chi connectivity index (χ2v) is 5.76. The molecule has 3 rings (SSSR count). The highest BCUT2D eigenvalue weighted by molar-refractivity contribution is 5.86. The third-order valence-corrected chi connectivity index (χ3v) is 3.77. The van der Waals surface area contributed by atoms with Crippen LogP contribution in [0.5, 0.6) is 0 Å². The second kappa shape index (κ2) is 8.24. The zero-order valence-electron chi connectivity index (χ0n) is 14.4. The summed E-state index contributed by atoms with van der Waals surface area (Å²) >= 11 is 0. The van der Waals surface area contributed by atoms with Gasteiger partial charge in [-0.1, -0.05) is 48.8 Å². The summed E-state index contributed by atoms with van der Waals surface area (Å²) in [6.07, 6.45) is 1.74. The van der Waals surface area contributed by atoms with Crippen LogP contribution in [0.25, 0.3) is 11.3 Å². The monoisotopic (exact) mass is 353 g/mol. The van der Waals surface area contributed by atoms with Crippen molar-refractivity contribution in [3.63, 3.8) is 0 Å². The molecule has 0 unspecified atom stereocenters. The maximum atomic E-state index is 12.2. The normalized spacial score (nSPS) is 10.7. The highest BCUT2D eigenvalue weighted by Gasteiger charge is 2.13. The molecule has 7 heteroatoms. The van der Waals surface area contributed by atoms with Gasteiger partial charge in [-0.15, -0.1) is 0 Å². The molecule has 0 saturated carbocycles. The van der Waals surface area contributed by atoms with Crippen molar-refractivity contribution in [2.24, 2.45) is 0 Å². The van der Waals surface area contributed by atoms with Gasteiger partial charge in [0.2, 0.25) is 0 Å². The van der Waals surface area contributed by atoms with Crippen molar-refractivity contribution in [2.45, 2.75) is 32.9 Å². The molecule has 3 aromatic rings. The van der Waals surface area contributed by atoms with Gasteiger partial charge in [0.05, 0.1) is 0 Å². The van der Waals surface area contributed by atoms with Gasteiger partial charge in [0.15, 0.2) is 11.5 Å². The van der Waals surface area contributed by atoms with Gasteiger partial charge in [0.1, 0.15) is 12.3 Å². The van der Waals surface area contributed by atoms with Crippen molar-refractivity contribution in [3.05, 3.63) is 70.3 Å². The Morgan fingerprint density at radius 1 is 1.19 bits per heavy atom. The summed E-state index contributed by atoms with van der Waals surface area (Å²) in [6.45, 7) is 2.45. The summed E-state index contributed by atoms with van der Waals surface area (Å²) < 4.78 is 11.8. The minimum atomic E-state index is -0.612. The molecular weight excluding hydrogens is 334 g/mol. The van der Waals surface area contributed by atoms with E-state index in [9.17, 15) is 9.59 Å². The summed E-state index contributed by atoms with van der Waals surface area (Å²) in [5, 5.41) is 7.96. The van der Waals surface area contributed by atoms with Crippen LogP contribution in [0.1, 0.15) is 35.9 Å². The molecule has 134 valence electrons. The molecular formula is C19H19N3O4. The molecule has 0 fully saturated rings. The molecule has 0 radical (unpaired) electrons. The molecule has 26 heavy (non-hydrogen) atoms. The number of benzene rings is 1. The predicted molar refractivity (Wildman–Crippen MR) is 94.5 cm³/mol. The largest absolute Gasteiger partial charge is 0.454 e. The lowest BCUT2D eigenvalue weighted by Gasteiger charge is -2.06. The van der Waals surface area contributed by atoms with Gasteiger partial charge in [-0.2, -0.15) is 5.10 Å². The first-order valence-electron chi connectivity index (χ1n) is 8.43. The fraction of sp³-hybridized carbons (Fsp3) is 0.263. The molecule has 2 aromatic heterocycles. The van der Waals surface area contributed by atoms with Crippen LogP contribution >= 0.6 is 0 Å². The van der Waals surface area contributed by atoms with Crippen molar-refractivity contribution >= 4 is 5.97 Å². The highest BCUT2D eigenvalue weighted by atomic mass is 16.5. The minimum absolute atomic E-state index is 0.0368. The second-order valence-electron chi connectivity index (χ2n) is 5.76. The number of carbonyl (C=O) groups is 1. The number of nitrogens with zero attached hydrogens (tertiary/aromatic N) is 3. The lowest BCUT2D eigenvalue weighted by atomic mass is 10.2.